The van der Waals surface area contributed by atoms with E-state index in [1.165, 1.54) is 0 Å². The summed E-state index contributed by atoms with van der Waals surface area (Å²) in [7, 11) is 1.61. The molecule has 1 rings (SSSR count). The molecule has 0 unspecified atom stereocenters. The maximum Gasteiger partial charge on any atom is 0.315 e. The van der Waals surface area contributed by atoms with Crippen molar-refractivity contribution in [2.45, 2.75) is 39.3 Å². The van der Waals surface area contributed by atoms with Crippen molar-refractivity contribution < 1.29 is 19.1 Å². The van der Waals surface area contributed by atoms with Crippen molar-refractivity contribution in [1.29, 1.82) is 0 Å². The summed E-state index contributed by atoms with van der Waals surface area (Å²) in [6.07, 6.45) is 2.78. The third kappa shape index (κ3) is 9.51. The van der Waals surface area contributed by atoms with E-state index in [0.717, 1.165) is 12.0 Å². The molecule has 0 fully saturated rings. The normalized spacial score (nSPS) is 11.5. The number of amides is 3. The van der Waals surface area contributed by atoms with Gasteiger partial charge >= 0.3 is 6.03 Å². The molecule has 3 N–H and O–H groups in total. The Kier molecular flexibility index (Phi) is 10.00. The van der Waals surface area contributed by atoms with Crippen LogP contribution in [-0.4, -0.2) is 49.8 Å². The van der Waals surface area contributed by atoms with Crippen LogP contribution in [0, 0.1) is 0 Å². The fourth-order valence-corrected chi connectivity index (χ4v) is 1.81. The summed E-state index contributed by atoms with van der Waals surface area (Å²) in [5.74, 6) is 0.445. The molecule has 0 aliphatic heterocycles. The van der Waals surface area contributed by atoms with Gasteiger partial charge in [-0.3, -0.25) is 4.79 Å². The maximum absolute atomic E-state index is 11.7. The lowest BCUT2D eigenvalue weighted by Gasteiger charge is -2.12. The van der Waals surface area contributed by atoms with Crippen LogP contribution in [-0.2, 0) is 16.1 Å². The third-order valence-corrected chi connectivity index (χ3v) is 3.45. The van der Waals surface area contributed by atoms with Gasteiger partial charge in [0.2, 0.25) is 11.8 Å². The SMILES string of the molecule is CC[C@H](C)NC(=O)CCNC(=O)NCc1ccc(OCCOC)nc1. The van der Waals surface area contributed by atoms with Crippen molar-refractivity contribution in [1.82, 2.24) is 20.9 Å². The maximum atomic E-state index is 11.7. The molecule has 0 spiro atoms. The van der Waals surface area contributed by atoms with Gasteiger partial charge in [0.1, 0.15) is 6.61 Å². The number of ether oxygens (including phenoxy) is 2. The molecule has 140 valence electrons. The van der Waals surface area contributed by atoms with Crippen LogP contribution in [0.3, 0.4) is 0 Å². The second-order valence-corrected chi connectivity index (χ2v) is 5.58. The molecule has 8 heteroatoms. The lowest BCUT2D eigenvalue weighted by atomic mass is 10.2. The van der Waals surface area contributed by atoms with E-state index in [1.807, 2.05) is 19.9 Å². The van der Waals surface area contributed by atoms with Crippen LogP contribution in [0.2, 0.25) is 0 Å². The summed E-state index contributed by atoms with van der Waals surface area (Å²) in [5, 5.41) is 8.21. The standard InChI is InChI=1S/C17H28N4O4/c1-4-13(2)21-15(22)7-8-18-17(23)20-12-14-5-6-16(19-11-14)25-10-9-24-3/h5-6,11,13H,4,7-10,12H2,1-3H3,(H,21,22)(H2,18,20,23)/t13-/m0/s1. The Balaban J connectivity index is 2.20. The molecule has 3 amide bonds. The van der Waals surface area contributed by atoms with Gasteiger partial charge < -0.3 is 25.4 Å². The van der Waals surface area contributed by atoms with Crippen molar-refractivity contribution in [2.24, 2.45) is 0 Å². The summed E-state index contributed by atoms with van der Waals surface area (Å²) < 4.78 is 10.3. The van der Waals surface area contributed by atoms with Gasteiger partial charge in [-0.05, 0) is 18.9 Å². The molecular formula is C17H28N4O4. The largest absolute Gasteiger partial charge is 0.475 e. The molecular weight excluding hydrogens is 324 g/mol. The molecule has 25 heavy (non-hydrogen) atoms. The van der Waals surface area contributed by atoms with E-state index in [4.69, 9.17) is 9.47 Å². The summed E-state index contributed by atoms with van der Waals surface area (Å²) >= 11 is 0. The van der Waals surface area contributed by atoms with Crippen LogP contribution in [0.1, 0.15) is 32.3 Å². The molecule has 0 aliphatic rings. The average molecular weight is 352 g/mol. The first-order valence-corrected chi connectivity index (χ1v) is 8.42. The number of nitrogens with one attached hydrogen (secondary N) is 3. The minimum Gasteiger partial charge on any atom is -0.475 e. The lowest BCUT2D eigenvalue weighted by molar-refractivity contribution is -0.121. The quantitative estimate of drug-likeness (QED) is 0.520. The number of rotatable bonds is 11. The number of carbonyl (C=O) groups excluding carboxylic acids is 2. The van der Waals surface area contributed by atoms with Gasteiger partial charge in [0.15, 0.2) is 0 Å². The smallest absolute Gasteiger partial charge is 0.315 e. The van der Waals surface area contributed by atoms with Crippen molar-refractivity contribution in [3.8, 4) is 5.88 Å². The summed E-state index contributed by atoms with van der Waals surface area (Å²) in [6, 6.07) is 3.39. The summed E-state index contributed by atoms with van der Waals surface area (Å²) in [5.41, 5.74) is 0.851. The highest BCUT2D eigenvalue weighted by atomic mass is 16.5. The second-order valence-electron chi connectivity index (χ2n) is 5.58. The molecule has 1 aromatic rings. The van der Waals surface area contributed by atoms with E-state index >= 15 is 0 Å². The summed E-state index contributed by atoms with van der Waals surface area (Å²) in [4.78, 5) is 27.4. The van der Waals surface area contributed by atoms with Crippen LogP contribution < -0.4 is 20.7 Å². The zero-order chi connectivity index (χ0) is 18.5. The predicted molar refractivity (Wildman–Crippen MR) is 94.4 cm³/mol. The summed E-state index contributed by atoms with van der Waals surface area (Å²) in [6.45, 7) is 5.52. The van der Waals surface area contributed by atoms with Gasteiger partial charge in [0, 0.05) is 44.9 Å². The Morgan fingerprint density at radius 3 is 2.68 bits per heavy atom. The molecule has 0 saturated carbocycles. The van der Waals surface area contributed by atoms with Crippen LogP contribution in [0.4, 0.5) is 4.79 Å². The number of nitrogens with zero attached hydrogens (tertiary/aromatic N) is 1. The highest BCUT2D eigenvalue weighted by molar-refractivity contribution is 5.78. The number of aromatic nitrogens is 1. The van der Waals surface area contributed by atoms with Crippen LogP contribution in [0.25, 0.3) is 0 Å². The number of urea groups is 1. The van der Waals surface area contributed by atoms with Gasteiger partial charge in [-0.15, -0.1) is 0 Å². The second kappa shape index (κ2) is 12.1. The van der Waals surface area contributed by atoms with Gasteiger partial charge in [0.05, 0.1) is 6.61 Å². The molecule has 0 aromatic carbocycles. The van der Waals surface area contributed by atoms with Gasteiger partial charge in [-0.1, -0.05) is 13.0 Å². The fraction of sp³-hybridized carbons (Fsp3) is 0.588. The lowest BCUT2D eigenvalue weighted by Crippen LogP contribution is -2.38. The fourth-order valence-electron chi connectivity index (χ4n) is 1.81. The third-order valence-electron chi connectivity index (χ3n) is 3.45. The Hall–Kier alpha value is -2.35. The average Bonchev–Trinajstić information content (AvgIpc) is 2.61. The van der Waals surface area contributed by atoms with Gasteiger partial charge in [-0.25, -0.2) is 9.78 Å². The van der Waals surface area contributed by atoms with E-state index in [1.54, 1.807) is 19.4 Å². The number of pyridine rings is 1. The number of hydrogen-bond donors (Lipinski definition) is 3. The van der Waals surface area contributed by atoms with Crippen LogP contribution >= 0.6 is 0 Å². The molecule has 0 aliphatic carbocycles. The van der Waals surface area contributed by atoms with E-state index in [0.29, 0.717) is 32.2 Å². The van der Waals surface area contributed by atoms with Crippen molar-refractivity contribution in [3.05, 3.63) is 23.9 Å². The van der Waals surface area contributed by atoms with E-state index in [2.05, 4.69) is 20.9 Å². The highest BCUT2D eigenvalue weighted by Crippen LogP contribution is 2.07. The topological polar surface area (TPSA) is 102 Å². The molecule has 1 heterocycles. The van der Waals surface area contributed by atoms with E-state index in [-0.39, 0.29) is 24.4 Å². The number of methoxy groups -OCH3 is 1. The number of hydrogen-bond acceptors (Lipinski definition) is 5. The Morgan fingerprint density at radius 2 is 2.04 bits per heavy atom. The Labute approximate surface area is 148 Å². The van der Waals surface area contributed by atoms with Gasteiger partial charge in [-0.2, -0.15) is 0 Å². The molecule has 0 bridgehead atoms. The Bertz CT molecular complexity index is 522. The molecule has 8 nitrogen and oxygen atoms in total. The van der Waals surface area contributed by atoms with Gasteiger partial charge in [0.25, 0.3) is 0 Å². The molecule has 0 radical (unpaired) electrons. The molecule has 1 atom stereocenters. The first kappa shape index (κ1) is 20.7. The van der Waals surface area contributed by atoms with Crippen molar-refractivity contribution in [2.75, 3.05) is 26.9 Å². The van der Waals surface area contributed by atoms with E-state index < -0.39 is 0 Å². The van der Waals surface area contributed by atoms with Crippen molar-refractivity contribution >= 4 is 11.9 Å². The monoisotopic (exact) mass is 352 g/mol. The van der Waals surface area contributed by atoms with Crippen LogP contribution in [0.5, 0.6) is 5.88 Å². The van der Waals surface area contributed by atoms with E-state index in [9.17, 15) is 9.59 Å². The van der Waals surface area contributed by atoms with Crippen LogP contribution in [0.15, 0.2) is 18.3 Å². The highest BCUT2D eigenvalue weighted by Gasteiger charge is 2.06. The first-order chi connectivity index (χ1) is 12.0. The number of carbonyl (C=O) groups is 2. The Morgan fingerprint density at radius 1 is 1.24 bits per heavy atom. The molecule has 0 saturated heterocycles. The zero-order valence-corrected chi connectivity index (χ0v) is 15.1. The predicted octanol–water partition coefficient (Wildman–Crippen LogP) is 1.21. The van der Waals surface area contributed by atoms with Crippen molar-refractivity contribution in [3.63, 3.8) is 0 Å². The molecule has 1 aromatic heterocycles. The minimum atomic E-state index is -0.322. The minimum absolute atomic E-state index is 0.0667. The first-order valence-electron chi connectivity index (χ1n) is 8.42. The zero-order valence-electron chi connectivity index (χ0n) is 15.1.